The highest BCUT2D eigenvalue weighted by Gasteiger charge is 2.27. The largest absolute Gasteiger partial charge is 0.482 e. The molecule has 4 rings (SSSR count). The summed E-state index contributed by atoms with van der Waals surface area (Å²) in [5.74, 6) is 0.594. The smallest absolute Gasteiger partial charge is 0.166 e. The summed E-state index contributed by atoms with van der Waals surface area (Å²) < 4.78 is 22.1. The number of anilines is 1. The number of rotatable bonds is 7. The van der Waals surface area contributed by atoms with Crippen LogP contribution < -0.4 is 16.2 Å². The molecule has 0 aromatic carbocycles. The maximum absolute atomic E-state index is 14.1. The van der Waals surface area contributed by atoms with Gasteiger partial charge in [-0.3, -0.25) is 9.58 Å². The fourth-order valence-electron chi connectivity index (χ4n) is 4.36. The van der Waals surface area contributed by atoms with E-state index in [0.717, 1.165) is 43.6 Å². The minimum Gasteiger partial charge on any atom is -0.482 e. The van der Waals surface area contributed by atoms with Gasteiger partial charge in [0, 0.05) is 65.9 Å². The number of hydrogen-bond acceptors (Lipinski definition) is 6. The zero-order chi connectivity index (χ0) is 24.4. The minimum absolute atomic E-state index is 0.0609. The van der Waals surface area contributed by atoms with E-state index < -0.39 is 12.3 Å². The van der Waals surface area contributed by atoms with Crippen molar-refractivity contribution in [3.05, 3.63) is 58.6 Å². The first kappa shape index (κ1) is 24.6. The van der Waals surface area contributed by atoms with E-state index in [4.69, 9.17) is 39.4 Å². The van der Waals surface area contributed by atoms with Gasteiger partial charge in [0.25, 0.3) is 0 Å². The molecule has 1 aliphatic carbocycles. The number of halogens is 3. The molecule has 0 radical (unpaired) electrons. The number of nitrogens with two attached hydrogens (primary N) is 2. The topological polar surface area (TPSA) is 95.2 Å². The zero-order valence-corrected chi connectivity index (χ0v) is 20.6. The summed E-state index contributed by atoms with van der Waals surface area (Å²) in [7, 11) is 0. The number of piperidine rings is 1. The van der Waals surface area contributed by atoms with Crippen molar-refractivity contribution in [1.29, 1.82) is 0 Å². The van der Waals surface area contributed by atoms with Crippen LogP contribution in [0.1, 0.15) is 32.2 Å². The number of ether oxygens (including phenoxy) is 1. The van der Waals surface area contributed by atoms with Gasteiger partial charge < -0.3 is 16.2 Å². The van der Waals surface area contributed by atoms with Crippen LogP contribution in [0.25, 0.3) is 11.1 Å². The van der Waals surface area contributed by atoms with Crippen LogP contribution in [0.4, 0.5) is 10.2 Å². The SMILES string of the molecule is C=C(N)CN1CCC(n2cc(-c3cnc(N)c(OC(C)C4=C(Cl)C(F)CC=C4Cl)c3)cn2)CC1. The highest BCUT2D eigenvalue weighted by Crippen LogP contribution is 2.37. The molecule has 0 spiro atoms. The second-order valence-electron chi connectivity index (χ2n) is 8.76. The number of aromatic nitrogens is 3. The molecule has 2 aromatic heterocycles. The molecule has 1 saturated heterocycles. The first-order chi connectivity index (χ1) is 16.2. The summed E-state index contributed by atoms with van der Waals surface area (Å²) in [6.45, 7) is 8.17. The van der Waals surface area contributed by atoms with Crippen LogP contribution in [0.2, 0.25) is 0 Å². The van der Waals surface area contributed by atoms with Crippen LogP contribution in [0.3, 0.4) is 0 Å². The zero-order valence-electron chi connectivity index (χ0n) is 19.1. The van der Waals surface area contributed by atoms with E-state index in [2.05, 4.69) is 21.6 Å². The molecule has 0 bridgehead atoms. The molecule has 7 nitrogen and oxygen atoms in total. The van der Waals surface area contributed by atoms with Crippen molar-refractivity contribution in [2.75, 3.05) is 25.4 Å². The quantitative estimate of drug-likeness (QED) is 0.561. The van der Waals surface area contributed by atoms with E-state index in [0.29, 0.717) is 28.1 Å². The first-order valence-electron chi connectivity index (χ1n) is 11.2. The normalized spacial score (nSPS) is 20.8. The lowest BCUT2D eigenvalue weighted by Gasteiger charge is -2.31. The fraction of sp³-hybridized carbons (Fsp3) is 0.417. The van der Waals surface area contributed by atoms with Gasteiger partial charge in [0.1, 0.15) is 12.3 Å². The molecule has 10 heteroatoms. The average molecular weight is 507 g/mol. The van der Waals surface area contributed by atoms with Gasteiger partial charge in [0.2, 0.25) is 0 Å². The molecule has 0 amide bonds. The summed E-state index contributed by atoms with van der Waals surface area (Å²) >= 11 is 12.5. The van der Waals surface area contributed by atoms with Gasteiger partial charge in [-0.05, 0) is 25.8 Å². The number of hydrogen-bond donors (Lipinski definition) is 2. The third kappa shape index (κ3) is 5.40. The summed E-state index contributed by atoms with van der Waals surface area (Å²) in [5.41, 5.74) is 14.6. The first-order valence-corrected chi connectivity index (χ1v) is 12.0. The monoisotopic (exact) mass is 506 g/mol. The minimum atomic E-state index is -1.29. The van der Waals surface area contributed by atoms with E-state index in [1.54, 1.807) is 25.3 Å². The molecule has 2 aromatic rings. The highest BCUT2D eigenvalue weighted by molar-refractivity contribution is 6.36. The van der Waals surface area contributed by atoms with E-state index in [-0.39, 0.29) is 17.3 Å². The van der Waals surface area contributed by atoms with Crippen LogP contribution in [0.5, 0.6) is 5.75 Å². The van der Waals surface area contributed by atoms with E-state index >= 15 is 0 Å². The van der Waals surface area contributed by atoms with Gasteiger partial charge in [0.05, 0.1) is 17.3 Å². The molecule has 4 N–H and O–H groups in total. The second-order valence-corrected chi connectivity index (χ2v) is 9.57. The Bertz CT molecular complexity index is 1120. The predicted octanol–water partition coefficient (Wildman–Crippen LogP) is 4.76. The lowest BCUT2D eigenvalue weighted by atomic mass is 10.0. The van der Waals surface area contributed by atoms with Crippen LogP contribution in [0, 0.1) is 0 Å². The van der Waals surface area contributed by atoms with Crippen molar-refractivity contribution in [2.24, 2.45) is 5.73 Å². The molecule has 2 aliphatic rings. The van der Waals surface area contributed by atoms with E-state index in [9.17, 15) is 4.39 Å². The Balaban J connectivity index is 1.48. The van der Waals surface area contributed by atoms with Crippen molar-refractivity contribution in [2.45, 2.75) is 44.5 Å². The molecule has 2 atom stereocenters. The Labute approximate surface area is 208 Å². The van der Waals surface area contributed by atoms with Crippen LogP contribution >= 0.6 is 23.2 Å². The summed E-state index contributed by atoms with van der Waals surface area (Å²) in [5, 5.41) is 5.03. The van der Waals surface area contributed by atoms with Crippen LogP contribution in [0.15, 0.2) is 58.6 Å². The second kappa shape index (κ2) is 10.4. The third-order valence-corrected chi connectivity index (χ3v) is 6.98. The Morgan fingerprint density at radius 2 is 2.03 bits per heavy atom. The standard InChI is InChI=1S/C24H29Cl2FN6O/c1-14(28)12-32-7-5-18(6-8-32)33-13-17(11-31-33)16-9-21(24(29)30-10-16)34-15(2)22-19(25)3-4-20(27)23(22)26/h3,9-11,13,15,18,20H,1,4-8,12,28H2,2H3,(H2,29,30). The molecule has 2 unspecified atom stereocenters. The number of nitrogen functional groups attached to an aromatic ring is 1. The van der Waals surface area contributed by atoms with E-state index in [1.165, 1.54) is 0 Å². The third-order valence-electron chi connectivity index (χ3n) is 6.18. The van der Waals surface area contributed by atoms with Crippen molar-refractivity contribution in [1.82, 2.24) is 19.7 Å². The number of likely N-dealkylation sites (tertiary alicyclic amines) is 1. The molecule has 3 heterocycles. The van der Waals surface area contributed by atoms with Gasteiger partial charge in [-0.15, -0.1) is 0 Å². The summed E-state index contributed by atoms with van der Waals surface area (Å²) in [6, 6.07) is 2.12. The number of allylic oxidation sites excluding steroid dienone is 2. The van der Waals surface area contributed by atoms with Crippen LogP contribution in [-0.2, 0) is 0 Å². The maximum Gasteiger partial charge on any atom is 0.166 e. The molecule has 1 fully saturated rings. The average Bonchev–Trinajstić information content (AvgIpc) is 3.28. The maximum atomic E-state index is 14.1. The van der Waals surface area contributed by atoms with Gasteiger partial charge in [-0.1, -0.05) is 35.9 Å². The number of nitrogens with zero attached hydrogens (tertiary/aromatic N) is 4. The molecule has 0 saturated carbocycles. The van der Waals surface area contributed by atoms with Gasteiger partial charge in [-0.2, -0.15) is 5.10 Å². The molecule has 34 heavy (non-hydrogen) atoms. The Kier molecular flexibility index (Phi) is 7.50. The molecule has 1 aliphatic heterocycles. The van der Waals surface area contributed by atoms with Crippen molar-refractivity contribution in [3.8, 4) is 16.9 Å². The molecular formula is C24H29Cl2FN6O. The summed E-state index contributed by atoms with van der Waals surface area (Å²) in [6.07, 6.45) is 7.33. The summed E-state index contributed by atoms with van der Waals surface area (Å²) in [4.78, 5) is 6.59. The number of pyridine rings is 1. The Morgan fingerprint density at radius 3 is 2.74 bits per heavy atom. The van der Waals surface area contributed by atoms with Crippen molar-refractivity contribution >= 4 is 29.0 Å². The molecule has 182 valence electrons. The fourth-order valence-corrected chi connectivity index (χ4v) is 5.10. The van der Waals surface area contributed by atoms with Crippen LogP contribution in [-0.4, -0.2) is 51.6 Å². The lowest BCUT2D eigenvalue weighted by Crippen LogP contribution is -2.36. The van der Waals surface area contributed by atoms with Crippen molar-refractivity contribution < 1.29 is 9.13 Å². The molecular weight excluding hydrogens is 478 g/mol. The van der Waals surface area contributed by atoms with Gasteiger partial charge in [0.15, 0.2) is 11.6 Å². The lowest BCUT2D eigenvalue weighted by molar-refractivity contribution is 0.191. The van der Waals surface area contributed by atoms with Crippen molar-refractivity contribution in [3.63, 3.8) is 0 Å². The number of alkyl halides is 1. The highest BCUT2D eigenvalue weighted by atomic mass is 35.5. The predicted molar refractivity (Wildman–Crippen MR) is 134 cm³/mol. The van der Waals surface area contributed by atoms with Gasteiger partial charge >= 0.3 is 0 Å². The Morgan fingerprint density at radius 1 is 1.29 bits per heavy atom. The van der Waals surface area contributed by atoms with Gasteiger partial charge in [-0.25, -0.2) is 9.37 Å². The Hall–Kier alpha value is -2.55. The van der Waals surface area contributed by atoms with E-state index in [1.807, 2.05) is 17.1 Å².